The Labute approximate surface area is 219 Å². The summed E-state index contributed by atoms with van der Waals surface area (Å²) >= 11 is 0. The fraction of sp³-hybridized carbons (Fsp3) is 0.214. The van der Waals surface area contributed by atoms with Gasteiger partial charge in [-0.05, 0) is 43.9 Å². The van der Waals surface area contributed by atoms with Crippen molar-refractivity contribution in [2.24, 2.45) is 0 Å². The van der Waals surface area contributed by atoms with E-state index < -0.39 is 36.1 Å². The van der Waals surface area contributed by atoms with Crippen molar-refractivity contribution < 1.29 is 44.0 Å². The third-order valence-electron chi connectivity index (χ3n) is 4.97. The van der Waals surface area contributed by atoms with Gasteiger partial charge >= 0.3 is 23.9 Å². The second-order valence-corrected chi connectivity index (χ2v) is 8.25. The van der Waals surface area contributed by atoms with Crippen LogP contribution in [-0.2, 0) is 19.1 Å². The highest BCUT2D eigenvalue weighted by Gasteiger charge is 2.41. The van der Waals surface area contributed by atoms with E-state index in [1.165, 1.54) is 48.5 Å². The Balaban J connectivity index is 0.000000352. The zero-order valence-electron chi connectivity index (χ0n) is 20.8. The Morgan fingerprint density at radius 1 is 0.658 bits per heavy atom. The number of rotatable bonds is 10. The molecule has 200 valence electrons. The Morgan fingerprint density at radius 2 is 1.00 bits per heavy atom. The smallest absolute Gasteiger partial charge is 0.349 e. The molecule has 0 aliphatic rings. The van der Waals surface area contributed by atoms with Gasteiger partial charge in [0, 0.05) is 6.54 Å². The maximum atomic E-state index is 12.0. The molecule has 0 radical (unpaired) electrons. The number of nitrogens with zero attached hydrogens (tertiary/aromatic N) is 1. The number of carboxylic acids is 2. The van der Waals surface area contributed by atoms with Gasteiger partial charge in [0.25, 0.3) is 0 Å². The first kappa shape index (κ1) is 29.7. The summed E-state index contributed by atoms with van der Waals surface area (Å²) in [4.78, 5) is 48.8. The number of benzene rings is 3. The van der Waals surface area contributed by atoms with E-state index in [2.05, 4.69) is 0 Å². The van der Waals surface area contributed by atoms with E-state index in [-0.39, 0.29) is 17.2 Å². The second-order valence-electron chi connectivity index (χ2n) is 8.25. The number of carboxylic acid groups (broad SMARTS) is 2. The molecular formula is C28H29NO9. The first-order chi connectivity index (χ1) is 18.1. The number of ether oxygens (including phenoxy) is 2. The first-order valence-electron chi connectivity index (χ1n) is 11.5. The van der Waals surface area contributed by atoms with Gasteiger partial charge in [0.1, 0.15) is 0 Å². The molecule has 0 fully saturated rings. The average Bonchev–Trinajstić information content (AvgIpc) is 2.91. The Bertz CT molecular complexity index is 1120. The van der Waals surface area contributed by atoms with Crippen molar-refractivity contribution in [2.75, 3.05) is 20.6 Å². The lowest BCUT2D eigenvalue weighted by Crippen LogP contribution is -2.45. The molecule has 0 saturated heterocycles. The summed E-state index contributed by atoms with van der Waals surface area (Å²) in [6.45, 7) is 0.671. The normalized spacial score (nSPS) is 12.7. The maximum Gasteiger partial charge on any atom is 0.349 e. The third kappa shape index (κ3) is 9.49. The molecule has 0 bridgehead atoms. The molecule has 3 N–H and O–H groups in total. The van der Waals surface area contributed by atoms with Crippen LogP contribution in [0.15, 0.2) is 91.0 Å². The predicted octanol–water partition coefficient (Wildman–Crippen LogP) is 2.89. The fourth-order valence-electron chi connectivity index (χ4n) is 3.13. The number of hydrogen-bond donors (Lipinski definition) is 3. The second kappa shape index (κ2) is 14.9. The zero-order chi connectivity index (χ0) is 28.1. The van der Waals surface area contributed by atoms with Gasteiger partial charge in [0.2, 0.25) is 12.2 Å². The van der Waals surface area contributed by atoms with Gasteiger partial charge in [0.05, 0.1) is 17.2 Å². The van der Waals surface area contributed by atoms with Gasteiger partial charge in [-0.25, -0.2) is 19.2 Å². The van der Waals surface area contributed by atoms with Gasteiger partial charge in [-0.2, -0.15) is 0 Å². The Morgan fingerprint density at radius 3 is 1.32 bits per heavy atom. The molecule has 10 nitrogen and oxygen atoms in total. The van der Waals surface area contributed by atoms with Crippen molar-refractivity contribution in [1.29, 1.82) is 0 Å². The average molecular weight is 524 g/mol. The minimum atomic E-state index is -2.21. The molecule has 0 saturated carbocycles. The first-order valence-corrected chi connectivity index (χ1v) is 11.5. The molecule has 10 heteroatoms. The molecule has 38 heavy (non-hydrogen) atoms. The minimum absolute atomic E-state index is 0.0253. The molecule has 3 rings (SSSR count). The summed E-state index contributed by atoms with van der Waals surface area (Å²) in [5.74, 6) is -5.63. The van der Waals surface area contributed by atoms with E-state index in [0.717, 1.165) is 5.56 Å². The molecule has 0 aliphatic heterocycles. The van der Waals surface area contributed by atoms with Gasteiger partial charge < -0.3 is 29.7 Å². The maximum absolute atomic E-state index is 12.0. The number of aliphatic hydroxyl groups is 1. The zero-order valence-corrected chi connectivity index (χ0v) is 20.8. The number of carbonyl (C=O) groups excluding carboxylic acids is 2. The summed E-state index contributed by atoms with van der Waals surface area (Å²) in [7, 11) is 3.90. The van der Waals surface area contributed by atoms with Crippen molar-refractivity contribution in [2.45, 2.75) is 18.3 Å². The van der Waals surface area contributed by atoms with Crippen molar-refractivity contribution in [3.63, 3.8) is 0 Å². The van der Waals surface area contributed by atoms with E-state index in [1.54, 1.807) is 12.1 Å². The van der Waals surface area contributed by atoms with E-state index in [4.69, 9.17) is 9.47 Å². The van der Waals surface area contributed by atoms with E-state index in [0.29, 0.717) is 6.54 Å². The molecule has 0 amide bonds. The van der Waals surface area contributed by atoms with E-state index in [9.17, 15) is 34.5 Å². The molecular weight excluding hydrogens is 494 g/mol. The minimum Gasteiger partial charge on any atom is -0.478 e. The molecule has 3 aromatic carbocycles. The number of likely N-dealkylation sites (N-methyl/N-ethyl adjacent to an activating group) is 1. The molecule has 3 unspecified atom stereocenters. The summed E-state index contributed by atoms with van der Waals surface area (Å²) in [6.07, 6.45) is -4.80. The van der Waals surface area contributed by atoms with Gasteiger partial charge in [-0.1, -0.05) is 66.7 Å². The summed E-state index contributed by atoms with van der Waals surface area (Å²) < 4.78 is 9.52. The lowest BCUT2D eigenvalue weighted by molar-refractivity contribution is -0.166. The summed E-state index contributed by atoms with van der Waals surface area (Å²) in [5, 5.41) is 28.1. The van der Waals surface area contributed by atoms with Crippen LogP contribution in [-0.4, -0.2) is 76.9 Å². The lowest BCUT2D eigenvalue weighted by Gasteiger charge is -2.21. The number of carbonyl (C=O) groups is 4. The number of aliphatic hydroxyl groups excluding tert-OH is 1. The van der Waals surface area contributed by atoms with Crippen molar-refractivity contribution >= 4 is 23.9 Å². The molecule has 0 aromatic heterocycles. The van der Waals surface area contributed by atoms with Crippen LogP contribution in [0, 0.1) is 0 Å². The number of aliphatic carboxylic acids is 2. The standard InChI is InChI=1S/C18H14O8.C10H15NO/c19-15(20)13(25-17(23)11-7-3-1-4-8-11)14(16(21)22)26-18(24)12-9-5-2-6-10-12;1-11(2)8-10(12)9-6-4-3-5-7-9/h1-10,13-14H,(H,19,20)(H,21,22);3-7,10,12H,8H2,1-2H3. The van der Waals surface area contributed by atoms with Crippen molar-refractivity contribution in [1.82, 2.24) is 4.90 Å². The quantitative estimate of drug-likeness (QED) is 0.338. The van der Waals surface area contributed by atoms with Crippen molar-refractivity contribution in [3.8, 4) is 0 Å². The van der Waals surface area contributed by atoms with E-state index >= 15 is 0 Å². The largest absolute Gasteiger partial charge is 0.478 e. The highest BCUT2D eigenvalue weighted by atomic mass is 16.6. The molecule has 0 spiro atoms. The van der Waals surface area contributed by atoms with Crippen LogP contribution in [0.1, 0.15) is 32.4 Å². The van der Waals surface area contributed by atoms with Crippen LogP contribution in [0.5, 0.6) is 0 Å². The Hall–Kier alpha value is -4.54. The van der Waals surface area contributed by atoms with Crippen LogP contribution in [0.3, 0.4) is 0 Å². The third-order valence-corrected chi connectivity index (χ3v) is 4.97. The van der Waals surface area contributed by atoms with E-state index in [1.807, 2.05) is 49.3 Å². The molecule has 3 atom stereocenters. The molecule has 0 aliphatic carbocycles. The highest BCUT2D eigenvalue weighted by Crippen LogP contribution is 2.14. The fourth-order valence-corrected chi connectivity index (χ4v) is 3.13. The van der Waals surface area contributed by atoms with Crippen LogP contribution in [0.4, 0.5) is 0 Å². The number of esters is 2. The van der Waals surface area contributed by atoms with Gasteiger partial charge in [-0.3, -0.25) is 0 Å². The van der Waals surface area contributed by atoms with Crippen molar-refractivity contribution in [3.05, 3.63) is 108 Å². The number of hydrogen-bond acceptors (Lipinski definition) is 8. The summed E-state index contributed by atoms with van der Waals surface area (Å²) in [6, 6.07) is 24.5. The lowest BCUT2D eigenvalue weighted by atomic mass is 10.1. The highest BCUT2D eigenvalue weighted by molar-refractivity contribution is 5.95. The van der Waals surface area contributed by atoms with Gasteiger partial charge in [0.15, 0.2) is 0 Å². The topological polar surface area (TPSA) is 151 Å². The van der Waals surface area contributed by atoms with Gasteiger partial charge in [-0.15, -0.1) is 0 Å². The van der Waals surface area contributed by atoms with Crippen LogP contribution in [0.2, 0.25) is 0 Å². The molecule has 3 aromatic rings. The van der Waals surface area contributed by atoms with Crippen LogP contribution in [0.25, 0.3) is 0 Å². The SMILES string of the molecule is CN(C)CC(O)c1ccccc1.O=C(OC(C(=O)O)C(OC(=O)c1ccccc1)C(=O)O)c1ccccc1. The summed E-state index contributed by atoms with van der Waals surface area (Å²) in [5.41, 5.74) is 1.03. The van der Waals surface area contributed by atoms with Crippen LogP contribution < -0.4 is 0 Å². The predicted molar refractivity (Wildman–Crippen MR) is 137 cm³/mol. The monoisotopic (exact) mass is 523 g/mol. The Kier molecular flexibility index (Phi) is 11.6. The molecule has 0 heterocycles. The van der Waals surface area contributed by atoms with Crippen LogP contribution >= 0.6 is 0 Å².